The topological polar surface area (TPSA) is 222 Å². The Balaban J connectivity index is 0.000000169. The summed E-state index contributed by atoms with van der Waals surface area (Å²) in [4.78, 5) is 29.7. The van der Waals surface area contributed by atoms with Gasteiger partial charge in [-0.1, -0.05) is 0 Å². The molecular weight excluding hydrogens is 932 g/mol. The highest BCUT2D eigenvalue weighted by molar-refractivity contribution is 6.28. The number of aliphatic hydroxyl groups excluding tert-OH is 2. The van der Waals surface area contributed by atoms with Gasteiger partial charge in [0.25, 0.3) is 0 Å². The summed E-state index contributed by atoms with van der Waals surface area (Å²) in [5.41, 5.74) is 6.03. The molecule has 2 atom stereocenters. The van der Waals surface area contributed by atoms with E-state index in [1.165, 1.54) is 6.42 Å². The highest BCUT2D eigenvalue weighted by atomic mass is 35.5. The van der Waals surface area contributed by atoms with Crippen molar-refractivity contribution in [2.45, 2.75) is 89.1 Å². The van der Waals surface area contributed by atoms with Crippen LogP contribution in [0.15, 0.2) is 49.3 Å². The highest BCUT2D eigenvalue weighted by Gasteiger charge is 2.29. The zero-order valence-electron chi connectivity index (χ0n) is 41.3. The van der Waals surface area contributed by atoms with Crippen molar-refractivity contribution in [3.63, 3.8) is 0 Å². The number of fused-ring (bicyclic) bond motifs is 2. The quantitative estimate of drug-likeness (QED) is 0.0656. The van der Waals surface area contributed by atoms with Gasteiger partial charge in [0.1, 0.15) is 35.9 Å². The molecule has 10 rings (SSSR count). The zero-order chi connectivity index (χ0) is 49.9. The van der Waals surface area contributed by atoms with Gasteiger partial charge in [0.15, 0.2) is 23.0 Å². The van der Waals surface area contributed by atoms with E-state index < -0.39 is 0 Å². The summed E-state index contributed by atoms with van der Waals surface area (Å²) < 4.78 is 36.4. The third-order valence-electron chi connectivity index (χ3n) is 13.1. The molecule has 2 aliphatic carbocycles. The van der Waals surface area contributed by atoms with Crippen LogP contribution in [0.5, 0.6) is 34.5 Å². The van der Waals surface area contributed by atoms with Crippen LogP contribution in [-0.2, 0) is 25.7 Å². The van der Waals surface area contributed by atoms with E-state index in [4.69, 9.17) is 55.1 Å². The van der Waals surface area contributed by atoms with Gasteiger partial charge in [0.05, 0.1) is 97.1 Å². The third-order valence-corrected chi connectivity index (χ3v) is 13.3. The molecule has 4 aliphatic rings. The largest absolute Gasteiger partial charge is 0.493 e. The van der Waals surface area contributed by atoms with Gasteiger partial charge in [-0.15, -0.1) is 0 Å². The van der Waals surface area contributed by atoms with Crippen LogP contribution >= 0.6 is 11.6 Å². The number of aromatic nitrogens is 8. The Morgan fingerprint density at radius 3 is 1.56 bits per heavy atom. The van der Waals surface area contributed by atoms with Crippen LogP contribution in [0.2, 0.25) is 5.28 Å². The first kappa shape index (κ1) is 50.8. The van der Waals surface area contributed by atoms with Gasteiger partial charge in [-0.05, 0) is 95.2 Å². The van der Waals surface area contributed by atoms with Crippen LogP contribution in [0.4, 0.5) is 29.2 Å². The van der Waals surface area contributed by atoms with Gasteiger partial charge in [-0.25, -0.2) is 24.9 Å². The Kier molecular flexibility index (Phi) is 17.2. The maximum absolute atomic E-state index is 9.81. The Morgan fingerprint density at radius 2 is 1.11 bits per heavy atom. The fraction of sp³-hybridized carbons (Fsp3) is 0.480. The summed E-state index contributed by atoms with van der Waals surface area (Å²) >= 11 is 6.12. The van der Waals surface area contributed by atoms with Crippen molar-refractivity contribution in [1.29, 1.82) is 0 Å². The predicted octanol–water partition coefficient (Wildman–Crippen LogP) is 6.97. The number of aliphatic hydroxyl groups is 2. The standard InChI is InChI=1S/C25H32N6O4.C20H22ClN5O3.C5H11NO/c1-33-20-11-17(12-21(34-2)23(20)35-3)30-13-22(26-15-30)28-24-18-8-4-5-9-19(18)27-25(29-24)31-10-6-7-16(31)14-32;1-27-15-8-12(9-16(28-2)18(15)29-3)26-10-17(22-11-26)24-19-13-6-4-5-7-14(13)23-20(21)25-19;7-4-5-2-1-3-6-5/h11-13,15-16,32H,4-10,14H2,1-3H3,(H,27,28,29);8-11H,4-7H2,1-3H3,(H,23,24,25);5-7H,1-4H2/t16-;;5-/m0.0/s1. The number of nitrogens with one attached hydrogen (secondary N) is 3. The van der Waals surface area contributed by atoms with Crippen LogP contribution in [0, 0.1) is 0 Å². The summed E-state index contributed by atoms with van der Waals surface area (Å²) in [6.07, 6.45) is 19.8. The number of benzene rings is 2. The summed E-state index contributed by atoms with van der Waals surface area (Å²) in [5, 5.41) is 28.4. The van der Waals surface area contributed by atoms with Crippen LogP contribution in [-0.4, -0.2) is 130 Å². The Labute approximate surface area is 419 Å². The molecule has 0 radical (unpaired) electrons. The molecule has 6 aromatic rings. The molecule has 20 nitrogen and oxygen atoms in total. The van der Waals surface area contributed by atoms with E-state index in [2.05, 4.69) is 40.8 Å². The van der Waals surface area contributed by atoms with Crippen molar-refractivity contribution in [2.75, 3.05) is 84.5 Å². The smallest absolute Gasteiger partial charge is 0.227 e. The first-order valence-electron chi connectivity index (χ1n) is 24.1. The number of hydrogen-bond acceptors (Lipinski definition) is 18. The maximum Gasteiger partial charge on any atom is 0.227 e. The average Bonchev–Trinajstić information content (AvgIpc) is 4.27. The summed E-state index contributed by atoms with van der Waals surface area (Å²) in [6.45, 7) is 2.37. The molecule has 0 saturated carbocycles. The number of ether oxygens (including phenoxy) is 6. The van der Waals surface area contributed by atoms with Gasteiger partial charge in [-0.2, -0.15) is 4.98 Å². The SMILES string of the molecule is COc1cc(-n2cnc(Nc3nc(Cl)nc4c3CCCC4)c2)cc(OC)c1OC.COc1cc(-n2cnc(Nc3nc(N4CCC[C@H]4CO)nc4c3CCCC4)c2)cc(OC)c1OC.OC[C@@H]1CCCN1. The third kappa shape index (κ3) is 11.8. The molecule has 0 bridgehead atoms. The molecule has 2 fully saturated rings. The molecular formula is C50H65ClN12O8. The number of hydrogen-bond donors (Lipinski definition) is 5. The van der Waals surface area contributed by atoms with Crippen LogP contribution in [0.25, 0.3) is 11.4 Å². The number of nitrogens with zero attached hydrogens (tertiary/aromatic N) is 9. The van der Waals surface area contributed by atoms with E-state index in [-0.39, 0.29) is 17.9 Å². The number of aryl methyl sites for hydroxylation is 2. The van der Waals surface area contributed by atoms with E-state index in [0.717, 1.165) is 129 Å². The minimum Gasteiger partial charge on any atom is -0.493 e. The lowest BCUT2D eigenvalue weighted by Crippen LogP contribution is -2.34. The Bertz CT molecular complexity index is 2680. The first-order chi connectivity index (χ1) is 34.7. The van der Waals surface area contributed by atoms with Crippen LogP contribution in [0.3, 0.4) is 0 Å². The van der Waals surface area contributed by atoms with Gasteiger partial charge in [0.2, 0.25) is 22.7 Å². The molecule has 2 aromatic carbocycles. The highest BCUT2D eigenvalue weighted by Crippen LogP contribution is 2.41. The molecule has 4 aromatic heterocycles. The van der Waals surface area contributed by atoms with Crippen LogP contribution < -0.4 is 49.3 Å². The van der Waals surface area contributed by atoms with Crippen molar-refractivity contribution in [1.82, 2.24) is 44.4 Å². The lowest BCUT2D eigenvalue weighted by Gasteiger charge is -2.26. The number of imidazole rings is 2. The van der Waals surface area contributed by atoms with E-state index >= 15 is 0 Å². The molecule has 21 heteroatoms. The van der Waals surface area contributed by atoms with Gasteiger partial charge in [-0.3, -0.25) is 0 Å². The van der Waals surface area contributed by atoms with Crippen molar-refractivity contribution < 1.29 is 38.6 Å². The molecule has 0 amide bonds. The summed E-state index contributed by atoms with van der Waals surface area (Å²) in [6, 6.07) is 7.94. The second-order valence-electron chi connectivity index (χ2n) is 17.5. The van der Waals surface area contributed by atoms with Crippen molar-refractivity contribution >= 4 is 40.8 Å². The minimum absolute atomic E-state index is 0.0729. The van der Waals surface area contributed by atoms with E-state index in [0.29, 0.717) is 64.7 Å². The second-order valence-corrected chi connectivity index (χ2v) is 17.8. The summed E-state index contributed by atoms with van der Waals surface area (Å²) in [5.74, 6) is 6.90. The predicted molar refractivity (Wildman–Crippen MR) is 271 cm³/mol. The van der Waals surface area contributed by atoms with Gasteiger partial charge >= 0.3 is 0 Å². The maximum atomic E-state index is 9.81. The second kappa shape index (κ2) is 24.0. The zero-order valence-corrected chi connectivity index (χ0v) is 42.1. The van der Waals surface area contributed by atoms with Crippen molar-refractivity contribution in [3.8, 4) is 45.9 Å². The number of methoxy groups -OCH3 is 6. The Morgan fingerprint density at radius 1 is 0.606 bits per heavy atom. The average molecular weight is 998 g/mol. The number of halogens is 1. The molecule has 6 heterocycles. The molecule has 2 saturated heterocycles. The van der Waals surface area contributed by atoms with Crippen molar-refractivity contribution in [2.24, 2.45) is 0 Å². The monoisotopic (exact) mass is 996 g/mol. The number of anilines is 5. The van der Waals surface area contributed by atoms with Gasteiger partial charge in [0, 0.05) is 48.0 Å². The normalized spacial score (nSPS) is 16.9. The van der Waals surface area contributed by atoms with Gasteiger partial charge < -0.3 is 68.6 Å². The lowest BCUT2D eigenvalue weighted by molar-refractivity contribution is 0.255. The molecule has 380 valence electrons. The van der Waals surface area contributed by atoms with E-state index in [1.807, 2.05) is 45.8 Å². The fourth-order valence-corrected chi connectivity index (χ4v) is 9.60. The lowest BCUT2D eigenvalue weighted by atomic mass is 9.96. The number of rotatable bonds is 15. The van der Waals surface area contributed by atoms with Crippen LogP contribution in [0.1, 0.15) is 73.9 Å². The Hall–Kier alpha value is -6.61. The van der Waals surface area contributed by atoms with E-state index in [9.17, 15) is 5.11 Å². The van der Waals surface area contributed by atoms with E-state index in [1.54, 1.807) is 55.3 Å². The molecule has 0 spiro atoms. The molecule has 2 aliphatic heterocycles. The molecule has 0 unspecified atom stereocenters. The molecule has 5 N–H and O–H groups in total. The summed E-state index contributed by atoms with van der Waals surface area (Å²) in [7, 11) is 9.53. The minimum atomic E-state index is 0.0729. The first-order valence-corrected chi connectivity index (χ1v) is 24.5. The fourth-order valence-electron chi connectivity index (χ4n) is 9.41. The van der Waals surface area contributed by atoms with Crippen molar-refractivity contribution in [3.05, 3.63) is 77.1 Å². The molecule has 71 heavy (non-hydrogen) atoms.